The fourth-order valence-corrected chi connectivity index (χ4v) is 2.54. The molecule has 0 bridgehead atoms. The van der Waals surface area contributed by atoms with E-state index in [1.807, 2.05) is 12.1 Å². The van der Waals surface area contributed by atoms with Crippen LogP contribution in [0, 0.1) is 0 Å². The number of nitrogen functional groups attached to an aromatic ring is 1. The van der Waals surface area contributed by atoms with Gasteiger partial charge in [0, 0.05) is 10.1 Å². The Morgan fingerprint density at radius 3 is 3.08 bits per heavy atom. The third-order valence-corrected chi connectivity index (χ3v) is 3.30. The van der Waals surface area contributed by atoms with Crippen LogP contribution in [0.1, 0.15) is 0 Å². The Morgan fingerprint density at radius 1 is 1.31 bits per heavy atom. The van der Waals surface area contributed by atoms with Crippen molar-refractivity contribution in [3.05, 3.63) is 24.3 Å². The summed E-state index contributed by atoms with van der Waals surface area (Å²) in [5.74, 6) is 0.663. The maximum atomic E-state index is 5.73. The number of benzene rings is 1. The average molecular weight is 189 g/mol. The second-order valence-electron chi connectivity index (χ2n) is 2.91. The number of nitrogens with two attached hydrogens (primary N) is 1. The van der Waals surface area contributed by atoms with Gasteiger partial charge in [0.2, 0.25) is 0 Å². The second kappa shape index (κ2) is 2.23. The lowest BCUT2D eigenvalue weighted by molar-refractivity contribution is 1.13. The van der Waals surface area contributed by atoms with Crippen LogP contribution in [0.25, 0.3) is 20.3 Å². The Labute approximate surface area is 78.2 Å². The quantitative estimate of drug-likeness (QED) is 0.570. The molecule has 3 rings (SSSR count). The van der Waals surface area contributed by atoms with E-state index in [0.717, 1.165) is 10.2 Å². The maximum absolute atomic E-state index is 5.73. The van der Waals surface area contributed by atoms with E-state index in [1.165, 1.54) is 10.1 Å². The number of nitrogens with zero attached hydrogens (tertiary/aromatic N) is 1. The van der Waals surface area contributed by atoms with Gasteiger partial charge < -0.3 is 5.73 Å². The van der Waals surface area contributed by atoms with Gasteiger partial charge in [-0.15, -0.1) is 11.3 Å². The topological polar surface area (TPSA) is 54.7 Å². The lowest BCUT2D eigenvalue weighted by Gasteiger charge is -1.84. The molecule has 0 saturated carbocycles. The van der Waals surface area contributed by atoms with Crippen molar-refractivity contribution < 1.29 is 0 Å². The molecular formula is C9H7N3S. The third kappa shape index (κ3) is 0.805. The molecule has 0 spiro atoms. The molecule has 3 aromatic rings. The van der Waals surface area contributed by atoms with Crippen LogP contribution in [-0.4, -0.2) is 10.2 Å². The van der Waals surface area contributed by atoms with Gasteiger partial charge in [-0.05, 0) is 6.07 Å². The highest BCUT2D eigenvalue weighted by molar-refractivity contribution is 7.26. The van der Waals surface area contributed by atoms with Gasteiger partial charge in [-0.1, -0.05) is 18.2 Å². The number of fused-ring (bicyclic) bond motifs is 3. The summed E-state index contributed by atoms with van der Waals surface area (Å²) < 4.78 is 2.29. The molecule has 2 aromatic heterocycles. The monoisotopic (exact) mass is 189 g/mol. The molecule has 0 fully saturated rings. The van der Waals surface area contributed by atoms with Gasteiger partial charge in [0.25, 0.3) is 0 Å². The molecule has 1 aromatic carbocycles. The van der Waals surface area contributed by atoms with Crippen molar-refractivity contribution >= 4 is 37.5 Å². The zero-order valence-electron chi connectivity index (χ0n) is 6.74. The van der Waals surface area contributed by atoms with Gasteiger partial charge in [-0.25, -0.2) is 0 Å². The highest BCUT2D eigenvalue weighted by Crippen LogP contribution is 2.34. The van der Waals surface area contributed by atoms with Crippen LogP contribution >= 0.6 is 11.3 Å². The Morgan fingerprint density at radius 2 is 2.15 bits per heavy atom. The number of H-pyrrole nitrogens is 1. The predicted octanol–water partition coefficient (Wildman–Crippen LogP) is 2.36. The van der Waals surface area contributed by atoms with E-state index >= 15 is 0 Å². The SMILES string of the molecule is Nc1[nH]nc2c1sc1ccccc12. The summed E-state index contributed by atoms with van der Waals surface area (Å²) in [6, 6.07) is 8.19. The summed E-state index contributed by atoms with van der Waals surface area (Å²) in [6.07, 6.45) is 0. The predicted molar refractivity (Wildman–Crippen MR) is 55.9 cm³/mol. The average Bonchev–Trinajstić information content (AvgIpc) is 2.67. The van der Waals surface area contributed by atoms with Crippen LogP contribution in [0.2, 0.25) is 0 Å². The molecule has 0 unspecified atom stereocenters. The first-order valence-electron chi connectivity index (χ1n) is 3.97. The minimum absolute atomic E-state index is 0.663. The van der Waals surface area contributed by atoms with Gasteiger partial charge in [-0.3, -0.25) is 5.10 Å². The smallest absolute Gasteiger partial charge is 0.137 e. The minimum Gasteiger partial charge on any atom is -0.383 e. The van der Waals surface area contributed by atoms with Crippen LogP contribution in [0.15, 0.2) is 24.3 Å². The van der Waals surface area contributed by atoms with Crippen LogP contribution in [0.3, 0.4) is 0 Å². The molecule has 13 heavy (non-hydrogen) atoms. The molecule has 0 amide bonds. The van der Waals surface area contributed by atoms with E-state index in [9.17, 15) is 0 Å². The molecule has 3 nitrogen and oxygen atoms in total. The fraction of sp³-hybridized carbons (Fsp3) is 0. The van der Waals surface area contributed by atoms with Crippen LogP contribution in [0.5, 0.6) is 0 Å². The zero-order valence-corrected chi connectivity index (χ0v) is 7.56. The Kier molecular flexibility index (Phi) is 1.19. The molecule has 4 heteroatoms. The van der Waals surface area contributed by atoms with Crippen molar-refractivity contribution in [1.29, 1.82) is 0 Å². The summed E-state index contributed by atoms with van der Waals surface area (Å²) in [7, 11) is 0. The molecule has 0 saturated heterocycles. The Hall–Kier alpha value is -1.55. The molecule has 2 heterocycles. The summed E-state index contributed by atoms with van der Waals surface area (Å²) >= 11 is 1.68. The van der Waals surface area contributed by atoms with Crippen LogP contribution < -0.4 is 5.73 Å². The van der Waals surface area contributed by atoms with Gasteiger partial charge in [0.05, 0.1) is 4.70 Å². The van der Waals surface area contributed by atoms with E-state index in [-0.39, 0.29) is 0 Å². The van der Waals surface area contributed by atoms with Crippen molar-refractivity contribution in [2.24, 2.45) is 0 Å². The number of aromatic nitrogens is 2. The first kappa shape index (κ1) is 6.91. The first-order chi connectivity index (χ1) is 6.36. The van der Waals surface area contributed by atoms with Crippen molar-refractivity contribution in [2.75, 3.05) is 5.73 Å². The summed E-state index contributed by atoms with van der Waals surface area (Å²) in [4.78, 5) is 0. The Balaban J connectivity index is 2.64. The normalized spacial score (nSPS) is 11.4. The van der Waals surface area contributed by atoms with Crippen molar-refractivity contribution in [2.45, 2.75) is 0 Å². The van der Waals surface area contributed by atoms with E-state index in [4.69, 9.17) is 5.73 Å². The molecule has 0 atom stereocenters. The van der Waals surface area contributed by atoms with E-state index in [0.29, 0.717) is 5.82 Å². The highest BCUT2D eigenvalue weighted by atomic mass is 32.1. The molecule has 0 aliphatic rings. The van der Waals surface area contributed by atoms with Crippen molar-refractivity contribution in [3.8, 4) is 0 Å². The molecule has 0 aliphatic carbocycles. The molecular weight excluding hydrogens is 182 g/mol. The fourth-order valence-electron chi connectivity index (χ4n) is 1.49. The molecule has 0 radical (unpaired) electrons. The van der Waals surface area contributed by atoms with Gasteiger partial charge >= 0.3 is 0 Å². The summed E-state index contributed by atoms with van der Waals surface area (Å²) in [5, 5.41) is 8.13. The number of thiophene rings is 1. The van der Waals surface area contributed by atoms with Crippen LogP contribution in [-0.2, 0) is 0 Å². The molecule has 64 valence electrons. The first-order valence-corrected chi connectivity index (χ1v) is 4.79. The standard InChI is InChI=1S/C9H7N3S/c10-9-8-7(11-12-9)5-3-1-2-4-6(5)13-8/h1-4H,(H3,10,11,12). The van der Waals surface area contributed by atoms with Gasteiger partial charge in [0.15, 0.2) is 0 Å². The lowest BCUT2D eigenvalue weighted by Crippen LogP contribution is -1.82. The van der Waals surface area contributed by atoms with Gasteiger partial charge in [0.1, 0.15) is 11.3 Å². The summed E-state index contributed by atoms with van der Waals surface area (Å²) in [5.41, 5.74) is 6.72. The third-order valence-electron chi connectivity index (χ3n) is 2.10. The number of hydrogen-bond acceptors (Lipinski definition) is 3. The van der Waals surface area contributed by atoms with Crippen LogP contribution in [0.4, 0.5) is 5.82 Å². The molecule has 3 N–H and O–H groups in total. The number of anilines is 1. The summed E-state index contributed by atoms with van der Waals surface area (Å²) in [6.45, 7) is 0. The Bertz CT molecular complexity index is 579. The lowest BCUT2D eigenvalue weighted by atomic mass is 10.2. The number of rotatable bonds is 0. The van der Waals surface area contributed by atoms with E-state index in [2.05, 4.69) is 22.3 Å². The van der Waals surface area contributed by atoms with Crippen molar-refractivity contribution in [3.63, 3.8) is 0 Å². The molecule has 0 aliphatic heterocycles. The minimum atomic E-state index is 0.663. The highest BCUT2D eigenvalue weighted by Gasteiger charge is 2.09. The van der Waals surface area contributed by atoms with Gasteiger partial charge in [-0.2, -0.15) is 5.10 Å². The number of aromatic amines is 1. The number of nitrogens with one attached hydrogen (secondary N) is 1. The zero-order chi connectivity index (χ0) is 8.84. The van der Waals surface area contributed by atoms with E-state index in [1.54, 1.807) is 11.3 Å². The van der Waals surface area contributed by atoms with E-state index < -0.39 is 0 Å². The largest absolute Gasteiger partial charge is 0.383 e. The second-order valence-corrected chi connectivity index (χ2v) is 3.97. The number of hydrogen-bond donors (Lipinski definition) is 2. The van der Waals surface area contributed by atoms with Crippen molar-refractivity contribution in [1.82, 2.24) is 10.2 Å². The maximum Gasteiger partial charge on any atom is 0.137 e.